The fraction of sp³-hybridized carbons (Fsp3) is 0.444. The van der Waals surface area contributed by atoms with E-state index in [1.54, 1.807) is 18.5 Å². The summed E-state index contributed by atoms with van der Waals surface area (Å²) in [6.07, 6.45) is 5.14. The lowest BCUT2D eigenvalue weighted by Gasteiger charge is -2.08. The SMILES string of the molecule is O=C(Nc1ncccn1)[C@H]1CCCN1. The molecule has 0 bridgehead atoms. The van der Waals surface area contributed by atoms with Crippen molar-refractivity contribution < 1.29 is 4.79 Å². The van der Waals surface area contributed by atoms with Crippen LogP contribution in [0.4, 0.5) is 5.95 Å². The molecule has 1 atom stereocenters. The van der Waals surface area contributed by atoms with Gasteiger partial charge in [-0.3, -0.25) is 10.1 Å². The molecule has 0 radical (unpaired) electrons. The normalized spacial score (nSPS) is 20.7. The monoisotopic (exact) mass is 192 g/mol. The fourth-order valence-corrected chi connectivity index (χ4v) is 1.47. The third-order valence-electron chi connectivity index (χ3n) is 2.18. The Morgan fingerprint density at radius 2 is 2.29 bits per heavy atom. The maximum absolute atomic E-state index is 11.6. The zero-order valence-corrected chi connectivity index (χ0v) is 7.73. The van der Waals surface area contributed by atoms with Gasteiger partial charge in [-0.2, -0.15) is 0 Å². The molecule has 0 spiro atoms. The summed E-state index contributed by atoms with van der Waals surface area (Å²) < 4.78 is 0. The molecule has 2 rings (SSSR count). The highest BCUT2D eigenvalue weighted by atomic mass is 16.2. The van der Waals surface area contributed by atoms with Gasteiger partial charge in [-0.1, -0.05) is 0 Å². The molecule has 0 aromatic carbocycles. The van der Waals surface area contributed by atoms with Crippen LogP contribution in [0.25, 0.3) is 0 Å². The van der Waals surface area contributed by atoms with E-state index in [9.17, 15) is 4.79 Å². The molecule has 1 saturated heterocycles. The van der Waals surface area contributed by atoms with Crippen LogP contribution >= 0.6 is 0 Å². The molecule has 2 heterocycles. The predicted molar refractivity (Wildman–Crippen MR) is 51.7 cm³/mol. The van der Waals surface area contributed by atoms with E-state index in [0.29, 0.717) is 5.95 Å². The van der Waals surface area contributed by atoms with Gasteiger partial charge in [-0.05, 0) is 25.5 Å². The Balaban J connectivity index is 1.94. The lowest BCUT2D eigenvalue weighted by molar-refractivity contribution is -0.117. The van der Waals surface area contributed by atoms with Crippen molar-refractivity contribution in [1.82, 2.24) is 15.3 Å². The summed E-state index contributed by atoms with van der Waals surface area (Å²) in [5, 5.41) is 5.77. The number of hydrogen-bond donors (Lipinski definition) is 2. The Hall–Kier alpha value is -1.49. The molecule has 1 aromatic heterocycles. The Morgan fingerprint density at radius 3 is 2.93 bits per heavy atom. The number of anilines is 1. The lowest BCUT2D eigenvalue weighted by atomic mass is 10.2. The van der Waals surface area contributed by atoms with Gasteiger partial charge in [0.15, 0.2) is 0 Å². The second kappa shape index (κ2) is 4.15. The third-order valence-corrected chi connectivity index (χ3v) is 2.18. The molecule has 74 valence electrons. The van der Waals surface area contributed by atoms with Crippen LogP contribution < -0.4 is 10.6 Å². The largest absolute Gasteiger partial charge is 0.306 e. The van der Waals surface area contributed by atoms with Crippen molar-refractivity contribution in [1.29, 1.82) is 0 Å². The second-order valence-corrected chi connectivity index (χ2v) is 3.21. The zero-order valence-electron chi connectivity index (χ0n) is 7.73. The van der Waals surface area contributed by atoms with E-state index in [1.165, 1.54) is 0 Å². The molecule has 1 aliphatic rings. The molecule has 5 heteroatoms. The topological polar surface area (TPSA) is 66.9 Å². The van der Waals surface area contributed by atoms with Gasteiger partial charge < -0.3 is 5.32 Å². The van der Waals surface area contributed by atoms with E-state index in [0.717, 1.165) is 19.4 Å². The maximum Gasteiger partial charge on any atom is 0.243 e. The number of aromatic nitrogens is 2. The number of hydrogen-bond acceptors (Lipinski definition) is 4. The van der Waals surface area contributed by atoms with Crippen LogP contribution in [0.3, 0.4) is 0 Å². The molecular formula is C9H12N4O. The molecule has 14 heavy (non-hydrogen) atoms. The van der Waals surface area contributed by atoms with Gasteiger partial charge in [-0.15, -0.1) is 0 Å². The van der Waals surface area contributed by atoms with Crippen molar-refractivity contribution in [3.05, 3.63) is 18.5 Å². The highest BCUT2D eigenvalue weighted by Crippen LogP contribution is 2.06. The summed E-state index contributed by atoms with van der Waals surface area (Å²) >= 11 is 0. The molecule has 0 unspecified atom stereocenters. The van der Waals surface area contributed by atoms with Gasteiger partial charge in [-0.25, -0.2) is 9.97 Å². The summed E-state index contributed by atoms with van der Waals surface area (Å²) in [6, 6.07) is 1.63. The van der Waals surface area contributed by atoms with Crippen molar-refractivity contribution in [2.45, 2.75) is 18.9 Å². The summed E-state index contributed by atoms with van der Waals surface area (Å²) in [5.41, 5.74) is 0. The van der Waals surface area contributed by atoms with Gasteiger partial charge in [0.05, 0.1) is 6.04 Å². The molecule has 1 fully saturated rings. The fourth-order valence-electron chi connectivity index (χ4n) is 1.47. The Morgan fingerprint density at radius 1 is 1.50 bits per heavy atom. The quantitative estimate of drug-likeness (QED) is 0.700. The summed E-state index contributed by atoms with van der Waals surface area (Å²) in [5.74, 6) is 0.319. The Bertz CT molecular complexity index is 308. The highest BCUT2D eigenvalue weighted by Gasteiger charge is 2.22. The average molecular weight is 192 g/mol. The van der Waals surface area contributed by atoms with Crippen LogP contribution in [0.2, 0.25) is 0 Å². The number of nitrogens with zero attached hydrogens (tertiary/aromatic N) is 2. The summed E-state index contributed by atoms with van der Waals surface area (Å²) in [6.45, 7) is 0.910. The molecule has 2 N–H and O–H groups in total. The first-order chi connectivity index (χ1) is 6.86. The standard InChI is InChI=1S/C9H12N4O/c14-8(7-3-1-4-10-7)13-9-11-5-2-6-12-9/h2,5-7,10H,1,3-4H2,(H,11,12,13,14)/t7-/m1/s1. The van der Waals surface area contributed by atoms with E-state index in [-0.39, 0.29) is 11.9 Å². The van der Waals surface area contributed by atoms with Crippen LogP contribution in [0.1, 0.15) is 12.8 Å². The van der Waals surface area contributed by atoms with Crippen LogP contribution in [0, 0.1) is 0 Å². The first-order valence-corrected chi connectivity index (χ1v) is 4.67. The number of rotatable bonds is 2. The minimum atomic E-state index is -0.0844. The maximum atomic E-state index is 11.6. The number of nitrogens with one attached hydrogen (secondary N) is 2. The van der Waals surface area contributed by atoms with Crippen LogP contribution in [0.15, 0.2) is 18.5 Å². The summed E-state index contributed by atoms with van der Waals surface area (Å²) in [4.78, 5) is 19.4. The molecule has 5 nitrogen and oxygen atoms in total. The van der Waals surface area contributed by atoms with E-state index >= 15 is 0 Å². The van der Waals surface area contributed by atoms with Crippen LogP contribution in [0.5, 0.6) is 0 Å². The Labute approximate surface area is 82.0 Å². The van der Waals surface area contributed by atoms with Crippen molar-refractivity contribution in [3.8, 4) is 0 Å². The van der Waals surface area contributed by atoms with Gasteiger partial charge in [0.2, 0.25) is 11.9 Å². The highest BCUT2D eigenvalue weighted by molar-refractivity contribution is 5.93. The van der Waals surface area contributed by atoms with E-state index in [4.69, 9.17) is 0 Å². The average Bonchev–Trinajstić information content (AvgIpc) is 2.72. The molecule has 1 aromatic rings. The van der Waals surface area contributed by atoms with Crippen LogP contribution in [-0.2, 0) is 4.79 Å². The van der Waals surface area contributed by atoms with Gasteiger partial charge in [0, 0.05) is 12.4 Å². The van der Waals surface area contributed by atoms with Gasteiger partial charge >= 0.3 is 0 Å². The van der Waals surface area contributed by atoms with Gasteiger partial charge in [0.1, 0.15) is 0 Å². The zero-order chi connectivity index (χ0) is 9.80. The summed E-state index contributed by atoms with van der Waals surface area (Å²) in [7, 11) is 0. The van der Waals surface area contributed by atoms with Crippen molar-refractivity contribution in [2.75, 3.05) is 11.9 Å². The molecule has 0 aliphatic carbocycles. The minimum Gasteiger partial charge on any atom is -0.306 e. The van der Waals surface area contributed by atoms with Crippen molar-refractivity contribution >= 4 is 11.9 Å². The number of carbonyl (C=O) groups is 1. The van der Waals surface area contributed by atoms with Crippen molar-refractivity contribution in [3.63, 3.8) is 0 Å². The first kappa shape index (κ1) is 9.08. The molecule has 1 aliphatic heterocycles. The minimum absolute atomic E-state index is 0.0475. The smallest absolute Gasteiger partial charge is 0.243 e. The Kier molecular flexibility index (Phi) is 2.69. The van der Waals surface area contributed by atoms with E-state index in [1.807, 2.05) is 0 Å². The first-order valence-electron chi connectivity index (χ1n) is 4.67. The van der Waals surface area contributed by atoms with Crippen molar-refractivity contribution in [2.24, 2.45) is 0 Å². The van der Waals surface area contributed by atoms with Gasteiger partial charge in [0.25, 0.3) is 0 Å². The number of carbonyl (C=O) groups excluding carboxylic acids is 1. The molecular weight excluding hydrogens is 180 g/mol. The van der Waals surface area contributed by atoms with Crippen LogP contribution in [-0.4, -0.2) is 28.5 Å². The van der Waals surface area contributed by atoms with E-state index in [2.05, 4.69) is 20.6 Å². The molecule has 0 saturated carbocycles. The predicted octanol–water partition coefficient (Wildman–Crippen LogP) is 0.167. The third kappa shape index (κ3) is 2.05. The number of amides is 1. The lowest BCUT2D eigenvalue weighted by Crippen LogP contribution is -2.35. The molecule has 1 amide bonds. The van der Waals surface area contributed by atoms with E-state index < -0.39 is 0 Å². The second-order valence-electron chi connectivity index (χ2n) is 3.21.